The van der Waals surface area contributed by atoms with E-state index in [0.717, 1.165) is 21.7 Å². The predicted molar refractivity (Wildman–Crippen MR) is 133 cm³/mol. The maximum absolute atomic E-state index is 14.2. The maximum Gasteiger partial charge on any atom is 0.254 e. The molecule has 1 aliphatic rings. The van der Waals surface area contributed by atoms with Gasteiger partial charge in [0.05, 0.1) is 24.8 Å². The quantitative estimate of drug-likeness (QED) is 0.475. The van der Waals surface area contributed by atoms with Gasteiger partial charge in [0.15, 0.2) is 0 Å². The van der Waals surface area contributed by atoms with Crippen LogP contribution in [-0.4, -0.2) is 37.4 Å². The molecule has 0 radical (unpaired) electrons. The smallest absolute Gasteiger partial charge is 0.254 e. The molecule has 3 aromatic rings. The lowest BCUT2D eigenvalue weighted by atomic mass is 9.80. The first-order valence-electron chi connectivity index (χ1n) is 11.2. The summed E-state index contributed by atoms with van der Waals surface area (Å²) in [6, 6.07) is 17.0. The van der Waals surface area contributed by atoms with Gasteiger partial charge in [0.2, 0.25) is 5.91 Å². The molecular formula is C27H30N2O3S. The first-order chi connectivity index (χ1) is 15.8. The average Bonchev–Trinajstić information content (AvgIpc) is 3.34. The zero-order valence-corrected chi connectivity index (χ0v) is 20.6. The van der Waals surface area contributed by atoms with Crippen LogP contribution in [0, 0.1) is 12.8 Å². The molecule has 0 spiro atoms. The molecule has 2 atom stereocenters. The Bertz CT molecular complexity index is 1160. The minimum Gasteiger partial charge on any atom is -0.495 e. The Kier molecular flexibility index (Phi) is 6.56. The Morgan fingerprint density at radius 1 is 1.15 bits per heavy atom. The topological polar surface area (TPSA) is 49.9 Å². The number of nitrogens with zero attached hydrogens (tertiary/aromatic N) is 2. The highest BCUT2D eigenvalue weighted by Crippen LogP contribution is 2.46. The highest BCUT2D eigenvalue weighted by Gasteiger charge is 2.45. The lowest BCUT2D eigenvalue weighted by Gasteiger charge is -2.43. The van der Waals surface area contributed by atoms with Crippen molar-refractivity contribution in [3.05, 3.63) is 81.5 Å². The van der Waals surface area contributed by atoms with Gasteiger partial charge in [0.25, 0.3) is 5.91 Å². The molecular weight excluding hydrogens is 432 g/mol. The molecule has 2 heterocycles. The molecule has 0 aliphatic carbocycles. The summed E-state index contributed by atoms with van der Waals surface area (Å²) in [5, 5.41) is 2.00. The largest absolute Gasteiger partial charge is 0.495 e. The molecule has 0 bridgehead atoms. The monoisotopic (exact) mass is 462 g/mol. The number of carbonyl (C=O) groups is 2. The first-order valence-corrected chi connectivity index (χ1v) is 12.1. The fraction of sp³-hybridized carbons (Fsp3) is 0.333. The Labute approximate surface area is 199 Å². The summed E-state index contributed by atoms with van der Waals surface area (Å²) in [5.74, 6) is 0.311. The average molecular weight is 463 g/mol. The summed E-state index contributed by atoms with van der Waals surface area (Å²) in [4.78, 5) is 32.4. The Balaban J connectivity index is 1.88. The zero-order valence-electron chi connectivity index (χ0n) is 19.7. The molecule has 5 nitrogen and oxygen atoms in total. The van der Waals surface area contributed by atoms with Crippen LogP contribution in [0.15, 0.2) is 60.0 Å². The van der Waals surface area contributed by atoms with E-state index in [1.807, 2.05) is 71.8 Å². The van der Waals surface area contributed by atoms with Crippen LogP contribution < -0.4 is 9.64 Å². The number of ether oxygens (including phenoxy) is 1. The third-order valence-electron chi connectivity index (χ3n) is 6.13. The normalized spacial score (nSPS) is 17.8. The molecule has 33 heavy (non-hydrogen) atoms. The van der Waals surface area contributed by atoms with Crippen molar-refractivity contribution in [1.82, 2.24) is 4.90 Å². The molecule has 2 amide bonds. The predicted octanol–water partition coefficient (Wildman–Crippen LogP) is 5.66. The molecule has 0 N–H and O–H groups in total. The van der Waals surface area contributed by atoms with Gasteiger partial charge in [-0.05, 0) is 53.6 Å². The van der Waals surface area contributed by atoms with Crippen molar-refractivity contribution in [2.45, 2.75) is 32.7 Å². The maximum atomic E-state index is 14.2. The number of benzene rings is 2. The van der Waals surface area contributed by atoms with Gasteiger partial charge in [-0.2, -0.15) is 0 Å². The molecule has 2 aromatic carbocycles. The third-order valence-corrected chi connectivity index (χ3v) is 7.07. The van der Waals surface area contributed by atoms with E-state index in [9.17, 15) is 9.59 Å². The highest BCUT2D eigenvalue weighted by atomic mass is 32.1. The second-order valence-corrected chi connectivity index (χ2v) is 9.93. The van der Waals surface area contributed by atoms with E-state index in [4.69, 9.17) is 4.74 Å². The fourth-order valence-corrected chi connectivity index (χ4v) is 5.49. The van der Waals surface area contributed by atoms with Crippen LogP contribution in [-0.2, 0) is 4.79 Å². The van der Waals surface area contributed by atoms with Gasteiger partial charge in [0.1, 0.15) is 5.75 Å². The second-order valence-electron chi connectivity index (χ2n) is 8.95. The van der Waals surface area contributed by atoms with E-state index in [1.54, 1.807) is 30.4 Å². The van der Waals surface area contributed by atoms with Gasteiger partial charge < -0.3 is 14.5 Å². The van der Waals surface area contributed by atoms with Crippen LogP contribution in [0.2, 0.25) is 0 Å². The Hall–Kier alpha value is -3.12. The molecule has 0 unspecified atom stereocenters. The van der Waals surface area contributed by atoms with Crippen LogP contribution in [0.25, 0.3) is 0 Å². The number of fused-ring (bicyclic) bond motifs is 1. The van der Waals surface area contributed by atoms with Gasteiger partial charge in [0, 0.05) is 24.0 Å². The van der Waals surface area contributed by atoms with Gasteiger partial charge in [-0.25, -0.2) is 0 Å². The molecule has 0 saturated carbocycles. The van der Waals surface area contributed by atoms with Crippen molar-refractivity contribution >= 4 is 28.8 Å². The van der Waals surface area contributed by atoms with Crippen molar-refractivity contribution in [3.8, 4) is 5.75 Å². The van der Waals surface area contributed by atoms with Crippen LogP contribution >= 0.6 is 11.3 Å². The minimum atomic E-state index is -0.522. The number of rotatable bonds is 6. The molecule has 0 fully saturated rings. The highest BCUT2D eigenvalue weighted by molar-refractivity contribution is 7.10. The minimum absolute atomic E-state index is 0.0162. The fourth-order valence-electron chi connectivity index (χ4n) is 4.62. The van der Waals surface area contributed by atoms with Crippen molar-refractivity contribution in [1.29, 1.82) is 0 Å². The number of likely N-dealkylation sites (N-methyl/N-ethyl adjacent to an activating group) is 1. The third kappa shape index (κ3) is 4.27. The van der Waals surface area contributed by atoms with Crippen molar-refractivity contribution < 1.29 is 14.3 Å². The molecule has 172 valence electrons. The van der Waals surface area contributed by atoms with E-state index in [2.05, 4.69) is 13.8 Å². The lowest BCUT2D eigenvalue weighted by Crippen LogP contribution is -2.48. The summed E-state index contributed by atoms with van der Waals surface area (Å²) in [5.41, 5.74) is 3.15. The number of aryl methyl sites for hydroxylation is 1. The number of carbonyl (C=O) groups excluding carboxylic acids is 2. The number of methoxy groups -OCH3 is 1. The summed E-state index contributed by atoms with van der Waals surface area (Å²) in [6.07, 6.45) is 0. The molecule has 1 aromatic heterocycles. The van der Waals surface area contributed by atoms with Crippen LogP contribution in [0.5, 0.6) is 5.75 Å². The van der Waals surface area contributed by atoms with Crippen LogP contribution in [0.1, 0.15) is 52.2 Å². The molecule has 6 heteroatoms. The molecule has 0 saturated heterocycles. The van der Waals surface area contributed by atoms with Crippen molar-refractivity contribution in [2.75, 3.05) is 25.6 Å². The number of hydrogen-bond acceptors (Lipinski definition) is 4. The van der Waals surface area contributed by atoms with Gasteiger partial charge in [-0.15, -0.1) is 11.3 Å². The standard InChI is InChI=1S/C27H30N2O3S/c1-17(2)16-29-25(23-11-8-14-33-23)24(19-9-6-7-10-20(19)26(29)30)27(31)28(4)21-15-18(3)12-13-22(21)32-5/h6-15,17,24-25H,16H2,1-5H3/t24-,25-/m1/s1. The summed E-state index contributed by atoms with van der Waals surface area (Å²) in [6.45, 7) is 6.77. The van der Waals surface area contributed by atoms with Crippen molar-refractivity contribution in [3.63, 3.8) is 0 Å². The number of hydrogen-bond donors (Lipinski definition) is 0. The SMILES string of the molecule is COc1ccc(C)cc1N(C)C(=O)[C@@H]1c2ccccc2C(=O)N(CC(C)C)[C@@H]1c1cccs1. The van der Waals surface area contributed by atoms with E-state index in [0.29, 0.717) is 17.9 Å². The van der Waals surface area contributed by atoms with E-state index >= 15 is 0 Å². The van der Waals surface area contributed by atoms with E-state index < -0.39 is 5.92 Å². The van der Waals surface area contributed by atoms with E-state index in [1.165, 1.54) is 0 Å². The van der Waals surface area contributed by atoms with Gasteiger partial charge in [-0.3, -0.25) is 9.59 Å². The summed E-state index contributed by atoms with van der Waals surface area (Å²) in [7, 11) is 3.40. The first kappa shape index (κ1) is 23.1. The number of thiophene rings is 1. The van der Waals surface area contributed by atoms with Crippen LogP contribution in [0.4, 0.5) is 5.69 Å². The van der Waals surface area contributed by atoms with Crippen LogP contribution in [0.3, 0.4) is 0 Å². The molecule has 1 aliphatic heterocycles. The Morgan fingerprint density at radius 2 is 1.91 bits per heavy atom. The zero-order chi connectivity index (χ0) is 23.7. The molecule has 4 rings (SSSR count). The second kappa shape index (κ2) is 9.40. The number of anilines is 1. The van der Waals surface area contributed by atoms with Gasteiger partial charge >= 0.3 is 0 Å². The van der Waals surface area contributed by atoms with E-state index in [-0.39, 0.29) is 23.8 Å². The Morgan fingerprint density at radius 3 is 2.58 bits per heavy atom. The number of amides is 2. The van der Waals surface area contributed by atoms with Gasteiger partial charge in [-0.1, -0.05) is 44.2 Å². The lowest BCUT2D eigenvalue weighted by molar-refractivity contribution is -0.121. The summed E-state index contributed by atoms with van der Waals surface area (Å²) >= 11 is 1.59. The van der Waals surface area contributed by atoms with Crippen molar-refractivity contribution in [2.24, 2.45) is 5.92 Å². The summed E-state index contributed by atoms with van der Waals surface area (Å²) < 4.78 is 5.56.